The first-order chi connectivity index (χ1) is 13.3. The van der Waals surface area contributed by atoms with Crippen molar-refractivity contribution in [1.82, 2.24) is 15.3 Å². The molecule has 27 heavy (non-hydrogen) atoms. The Balaban J connectivity index is 1.38. The SMILES string of the molecule is Clc1cnc(Nc2ccc(C3CCNCC3)cc2)nc1NCC1CCCO1. The molecule has 1 atom stereocenters. The zero-order valence-electron chi connectivity index (χ0n) is 15.4. The Morgan fingerprint density at radius 2 is 1.96 bits per heavy atom. The molecule has 2 fully saturated rings. The van der Waals surface area contributed by atoms with Crippen LogP contribution in [0.2, 0.25) is 5.02 Å². The van der Waals surface area contributed by atoms with Gasteiger partial charge >= 0.3 is 0 Å². The van der Waals surface area contributed by atoms with E-state index in [9.17, 15) is 0 Å². The summed E-state index contributed by atoms with van der Waals surface area (Å²) in [6.07, 6.45) is 6.45. The summed E-state index contributed by atoms with van der Waals surface area (Å²) in [5.41, 5.74) is 2.37. The molecule has 7 heteroatoms. The maximum Gasteiger partial charge on any atom is 0.229 e. The van der Waals surface area contributed by atoms with Crippen molar-refractivity contribution in [3.8, 4) is 0 Å². The van der Waals surface area contributed by atoms with Gasteiger partial charge in [0.25, 0.3) is 0 Å². The Hall–Kier alpha value is -1.89. The van der Waals surface area contributed by atoms with Gasteiger partial charge in [-0.15, -0.1) is 0 Å². The van der Waals surface area contributed by atoms with Gasteiger partial charge in [0.05, 0.1) is 12.3 Å². The zero-order valence-corrected chi connectivity index (χ0v) is 16.1. The predicted octanol–water partition coefficient (Wildman–Crippen LogP) is 3.93. The van der Waals surface area contributed by atoms with E-state index in [1.807, 2.05) is 0 Å². The van der Waals surface area contributed by atoms with E-state index < -0.39 is 0 Å². The first-order valence-electron chi connectivity index (χ1n) is 9.73. The summed E-state index contributed by atoms with van der Waals surface area (Å²) in [4.78, 5) is 8.80. The number of anilines is 3. The molecule has 0 saturated carbocycles. The van der Waals surface area contributed by atoms with Crippen molar-refractivity contribution in [2.24, 2.45) is 0 Å². The number of halogens is 1. The van der Waals surface area contributed by atoms with Crippen LogP contribution in [0.3, 0.4) is 0 Å². The second-order valence-corrected chi connectivity index (χ2v) is 7.58. The number of piperidine rings is 1. The van der Waals surface area contributed by atoms with Gasteiger partial charge in [-0.1, -0.05) is 23.7 Å². The molecule has 1 aromatic heterocycles. The van der Waals surface area contributed by atoms with Crippen LogP contribution in [0.1, 0.15) is 37.2 Å². The van der Waals surface area contributed by atoms with Crippen LogP contribution in [0.4, 0.5) is 17.5 Å². The molecule has 0 amide bonds. The smallest absolute Gasteiger partial charge is 0.229 e. The number of hydrogen-bond donors (Lipinski definition) is 3. The van der Waals surface area contributed by atoms with Crippen LogP contribution in [0.15, 0.2) is 30.5 Å². The highest BCUT2D eigenvalue weighted by atomic mass is 35.5. The van der Waals surface area contributed by atoms with Gasteiger partial charge in [-0.2, -0.15) is 4.98 Å². The molecule has 3 N–H and O–H groups in total. The molecule has 144 valence electrons. The van der Waals surface area contributed by atoms with Crippen LogP contribution in [-0.4, -0.2) is 42.3 Å². The van der Waals surface area contributed by atoms with E-state index in [1.165, 1.54) is 18.4 Å². The topological polar surface area (TPSA) is 71.1 Å². The Kier molecular flexibility index (Phi) is 6.07. The molecule has 1 aromatic carbocycles. The summed E-state index contributed by atoms with van der Waals surface area (Å²) in [6, 6.07) is 8.58. The van der Waals surface area contributed by atoms with Crippen molar-refractivity contribution in [1.29, 1.82) is 0 Å². The molecule has 2 aliphatic rings. The van der Waals surface area contributed by atoms with Crippen LogP contribution < -0.4 is 16.0 Å². The van der Waals surface area contributed by atoms with Gasteiger partial charge in [0.1, 0.15) is 5.02 Å². The predicted molar refractivity (Wildman–Crippen MR) is 109 cm³/mol. The van der Waals surface area contributed by atoms with Gasteiger partial charge in [0, 0.05) is 18.8 Å². The lowest BCUT2D eigenvalue weighted by atomic mass is 9.90. The lowest BCUT2D eigenvalue weighted by Crippen LogP contribution is -2.26. The quantitative estimate of drug-likeness (QED) is 0.697. The fourth-order valence-electron chi connectivity index (χ4n) is 3.69. The van der Waals surface area contributed by atoms with Crippen LogP contribution in [0, 0.1) is 0 Å². The lowest BCUT2D eigenvalue weighted by Gasteiger charge is -2.23. The summed E-state index contributed by atoms with van der Waals surface area (Å²) >= 11 is 6.23. The van der Waals surface area contributed by atoms with Gasteiger partial charge in [-0.3, -0.25) is 0 Å². The standard InChI is InChI=1S/C20H26ClN5O/c21-18-13-24-20(26-19(18)23-12-17-2-1-11-27-17)25-16-5-3-14(4-6-16)15-7-9-22-10-8-15/h3-6,13,15,17,22H,1-2,7-12H2,(H2,23,24,25,26). The monoisotopic (exact) mass is 387 g/mol. The largest absolute Gasteiger partial charge is 0.376 e. The Labute approximate surface area is 165 Å². The minimum absolute atomic E-state index is 0.231. The number of benzene rings is 1. The van der Waals surface area contributed by atoms with Gasteiger partial charge in [0.2, 0.25) is 5.95 Å². The van der Waals surface area contributed by atoms with E-state index in [2.05, 4.69) is 50.2 Å². The van der Waals surface area contributed by atoms with Crippen LogP contribution in [0.5, 0.6) is 0 Å². The normalized spacial score (nSPS) is 20.6. The molecular formula is C20H26ClN5O. The number of aromatic nitrogens is 2. The molecule has 6 nitrogen and oxygen atoms in total. The highest BCUT2D eigenvalue weighted by Gasteiger charge is 2.17. The van der Waals surface area contributed by atoms with Crippen molar-refractivity contribution in [3.63, 3.8) is 0 Å². The van der Waals surface area contributed by atoms with E-state index in [4.69, 9.17) is 16.3 Å². The zero-order chi connectivity index (χ0) is 18.5. The molecule has 2 saturated heterocycles. The molecule has 2 aromatic rings. The summed E-state index contributed by atoms with van der Waals surface area (Å²) in [6.45, 7) is 3.75. The number of nitrogens with zero attached hydrogens (tertiary/aromatic N) is 2. The van der Waals surface area contributed by atoms with Crippen LogP contribution in [-0.2, 0) is 4.74 Å². The Morgan fingerprint density at radius 1 is 1.15 bits per heavy atom. The summed E-state index contributed by atoms with van der Waals surface area (Å²) in [5.74, 6) is 1.82. The number of ether oxygens (including phenoxy) is 1. The first-order valence-corrected chi connectivity index (χ1v) is 10.1. The van der Waals surface area contributed by atoms with E-state index in [1.54, 1.807) is 6.20 Å². The van der Waals surface area contributed by atoms with Gasteiger partial charge in [-0.25, -0.2) is 4.98 Å². The van der Waals surface area contributed by atoms with Crippen molar-refractivity contribution < 1.29 is 4.74 Å². The number of nitrogens with one attached hydrogen (secondary N) is 3. The summed E-state index contributed by atoms with van der Waals surface area (Å²) in [7, 11) is 0. The molecule has 4 rings (SSSR count). The molecule has 0 radical (unpaired) electrons. The molecule has 1 unspecified atom stereocenters. The highest BCUT2D eigenvalue weighted by Crippen LogP contribution is 2.27. The van der Waals surface area contributed by atoms with Gasteiger partial charge in [0.15, 0.2) is 5.82 Å². The van der Waals surface area contributed by atoms with Crippen LogP contribution in [0.25, 0.3) is 0 Å². The third-order valence-electron chi connectivity index (χ3n) is 5.24. The fraction of sp³-hybridized carbons (Fsp3) is 0.500. The molecule has 0 aliphatic carbocycles. The number of hydrogen-bond acceptors (Lipinski definition) is 6. The van der Waals surface area contributed by atoms with E-state index in [0.29, 0.717) is 29.3 Å². The third-order valence-corrected chi connectivity index (χ3v) is 5.52. The van der Waals surface area contributed by atoms with Gasteiger partial charge in [-0.05, 0) is 62.4 Å². The number of rotatable bonds is 6. The second-order valence-electron chi connectivity index (χ2n) is 7.18. The van der Waals surface area contributed by atoms with Crippen molar-refractivity contribution in [2.75, 3.05) is 36.9 Å². The van der Waals surface area contributed by atoms with Gasteiger partial charge < -0.3 is 20.7 Å². The van der Waals surface area contributed by atoms with E-state index in [0.717, 1.165) is 38.2 Å². The van der Waals surface area contributed by atoms with E-state index in [-0.39, 0.29) is 6.10 Å². The molecule has 3 heterocycles. The first kappa shape index (κ1) is 18.5. The maximum atomic E-state index is 6.23. The van der Waals surface area contributed by atoms with E-state index >= 15 is 0 Å². The van der Waals surface area contributed by atoms with Crippen molar-refractivity contribution in [2.45, 2.75) is 37.7 Å². The molecule has 2 aliphatic heterocycles. The lowest BCUT2D eigenvalue weighted by molar-refractivity contribution is 0.120. The van der Waals surface area contributed by atoms with Crippen LogP contribution >= 0.6 is 11.6 Å². The Morgan fingerprint density at radius 3 is 2.70 bits per heavy atom. The molecule has 0 spiro atoms. The third kappa shape index (κ3) is 4.89. The van der Waals surface area contributed by atoms with Crippen molar-refractivity contribution >= 4 is 29.1 Å². The maximum absolute atomic E-state index is 6.23. The minimum Gasteiger partial charge on any atom is -0.376 e. The summed E-state index contributed by atoms with van der Waals surface area (Å²) < 4.78 is 5.63. The highest BCUT2D eigenvalue weighted by molar-refractivity contribution is 6.32. The molecular weight excluding hydrogens is 362 g/mol. The second kappa shape index (κ2) is 8.87. The minimum atomic E-state index is 0.231. The Bertz CT molecular complexity index is 743. The average molecular weight is 388 g/mol. The fourth-order valence-corrected chi connectivity index (χ4v) is 3.85. The molecule has 0 bridgehead atoms. The average Bonchev–Trinajstić information content (AvgIpc) is 3.23. The summed E-state index contributed by atoms with van der Waals surface area (Å²) in [5, 5.41) is 10.5. The van der Waals surface area contributed by atoms with Crippen molar-refractivity contribution in [3.05, 3.63) is 41.0 Å².